The lowest BCUT2D eigenvalue weighted by atomic mass is 10.1. The predicted molar refractivity (Wildman–Crippen MR) is 89.1 cm³/mol. The molecule has 2 aromatic rings. The lowest BCUT2D eigenvalue weighted by Gasteiger charge is -2.09. The molecule has 0 aliphatic rings. The van der Waals surface area contributed by atoms with Crippen molar-refractivity contribution in [1.29, 1.82) is 0 Å². The van der Waals surface area contributed by atoms with Crippen LogP contribution in [0.1, 0.15) is 36.5 Å². The summed E-state index contributed by atoms with van der Waals surface area (Å²) in [4.78, 5) is 4.63. The van der Waals surface area contributed by atoms with E-state index in [9.17, 15) is 0 Å². The highest BCUT2D eigenvalue weighted by Crippen LogP contribution is 2.19. The maximum atomic E-state index is 5.89. The summed E-state index contributed by atoms with van der Waals surface area (Å²) in [5.41, 5.74) is 2.40. The Morgan fingerprint density at radius 3 is 2.90 bits per heavy atom. The van der Waals surface area contributed by atoms with Gasteiger partial charge in [-0.15, -0.1) is 11.3 Å². The quantitative estimate of drug-likeness (QED) is 0.715. The van der Waals surface area contributed by atoms with Crippen LogP contribution in [0, 0.1) is 0 Å². The van der Waals surface area contributed by atoms with Gasteiger partial charge >= 0.3 is 0 Å². The van der Waals surface area contributed by atoms with E-state index in [2.05, 4.69) is 41.7 Å². The Labute approximate surface area is 131 Å². The minimum Gasteiger partial charge on any atom is -0.493 e. The first-order chi connectivity index (χ1) is 10.3. The Hall–Kier alpha value is -1.39. The van der Waals surface area contributed by atoms with Gasteiger partial charge in [0.1, 0.15) is 5.75 Å². The molecule has 21 heavy (non-hydrogen) atoms. The van der Waals surface area contributed by atoms with Crippen molar-refractivity contribution in [3.8, 4) is 5.75 Å². The smallest absolute Gasteiger partial charge is 0.122 e. The molecule has 2 rings (SSSR count). The average molecular weight is 304 g/mol. The maximum Gasteiger partial charge on any atom is 0.122 e. The van der Waals surface area contributed by atoms with Crippen LogP contribution < -0.4 is 10.1 Å². The van der Waals surface area contributed by atoms with Crippen molar-refractivity contribution in [2.45, 2.75) is 39.7 Å². The third-order valence-electron chi connectivity index (χ3n) is 3.26. The first kappa shape index (κ1) is 16.0. The van der Waals surface area contributed by atoms with Gasteiger partial charge in [0, 0.05) is 18.3 Å². The monoisotopic (exact) mass is 304 g/mol. The molecule has 0 radical (unpaired) electrons. The zero-order chi connectivity index (χ0) is 14.9. The maximum absolute atomic E-state index is 5.89. The fourth-order valence-electron chi connectivity index (χ4n) is 2.12. The summed E-state index contributed by atoms with van der Waals surface area (Å²) in [6.45, 7) is 6.92. The molecule has 1 aromatic carbocycles. The first-order valence-corrected chi connectivity index (χ1v) is 8.56. The second-order valence-corrected chi connectivity index (χ2v) is 5.91. The van der Waals surface area contributed by atoms with E-state index < -0.39 is 0 Å². The summed E-state index contributed by atoms with van der Waals surface area (Å²) in [6.07, 6.45) is 3.03. The van der Waals surface area contributed by atoms with Gasteiger partial charge in [0.2, 0.25) is 0 Å². The molecular formula is C17H24N2OS. The van der Waals surface area contributed by atoms with Crippen molar-refractivity contribution in [2.75, 3.05) is 13.2 Å². The Morgan fingerprint density at radius 2 is 2.10 bits per heavy atom. The largest absolute Gasteiger partial charge is 0.493 e. The molecule has 0 saturated carbocycles. The van der Waals surface area contributed by atoms with Crippen molar-refractivity contribution in [3.63, 3.8) is 0 Å². The van der Waals surface area contributed by atoms with Crippen molar-refractivity contribution in [1.82, 2.24) is 10.3 Å². The number of hydrogen-bond donors (Lipinski definition) is 1. The number of thiazole rings is 1. The number of aromatic nitrogens is 1. The van der Waals surface area contributed by atoms with Crippen molar-refractivity contribution in [3.05, 3.63) is 45.9 Å². The van der Waals surface area contributed by atoms with Crippen LogP contribution in [-0.4, -0.2) is 18.1 Å². The molecule has 0 amide bonds. The molecule has 0 fully saturated rings. The first-order valence-electron chi connectivity index (χ1n) is 7.68. The van der Waals surface area contributed by atoms with E-state index >= 15 is 0 Å². The number of rotatable bonds is 9. The van der Waals surface area contributed by atoms with Crippen LogP contribution in [0.25, 0.3) is 0 Å². The molecule has 0 saturated heterocycles. The second kappa shape index (κ2) is 8.80. The highest BCUT2D eigenvalue weighted by molar-refractivity contribution is 7.09. The molecule has 1 aromatic heterocycles. The zero-order valence-corrected chi connectivity index (χ0v) is 13.7. The van der Waals surface area contributed by atoms with Gasteiger partial charge in [-0.3, -0.25) is 0 Å². The van der Waals surface area contributed by atoms with Crippen LogP contribution in [0.3, 0.4) is 0 Å². The summed E-state index contributed by atoms with van der Waals surface area (Å²) in [6, 6.07) is 8.24. The van der Waals surface area contributed by atoms with Gasteiger partial charge in [-0.2, -0.15) is 0 Å². The van der Waals surface area contributed by atoms with E-state index in [4.69, 9.17) is 4.74 Å². The molecule has 3 nitrogen and oxygen atoms in total. The Kier molecular flexibility index (Phi) is 6.70. The topological polar surface area (TPSA) is 34.1 Å². The molecule has 0 unspecified atom stereocenters. The summed E-state index contributed by atoms with van der Waals surface area (Å²) < 4.78 is 5.89. The van der Waals surface area contributed by atoms with Crippen LogP contribution in [0.15, 0.2) is 29.6 Å². The van der Waals surface area contributed by atoms with Crippen molar-refractivity contribution in [2.24, 2.45) is 0 Å². The normalized spacial score (nSPS) is 10.8. The van der Waals surface area contributed by atoms with Gasteiger partial charge in [0.25, 0.3) is 0 Å². The van der Waals surface area contributed by atoms with Crippen LogP contribution >= 0.6 is 11.3 Å². The van der Waals surface area contributed by atoms with Crippen LogP contribution in [0.2, 0.25) is 0 Å². The Bertz CT molecular complexity index is 539. The number of hydrogen-bond acceptors (Lipinski definition) is 4. The van der Waals surface area contributed by atoms with E-state index in [1.54, 1.807) is 11.3 Å². The minimum atomic E-state index is 0.687. The van der Waals surface area contributed by atoms with Crippen LogP contribution in [0.4, 0.5) is 0 Å². The second-order valence-electron chi connectivity index (χ2n) is 4.97. The van der Waals surface area contributed by atoms with E-state index in [0.29, 0.717) is 6.61 Å². The van der Waals surface area contributed by atoms with Crippen molar-refractivity contribution < 1.29 is 4.74 Å². The van der Waals surface area contributed by atoms with E-state index in [1.165, 1.54) is 5.56 Å². The van der Waals surface area contributed by atoms with Gasteiger partial charge in [-0.05, 0) is 31.0 Å². The van der Waals surface area contributed by atoms with Crippen molar-refractivity contribution >= 4 is 11.3 Å². The predicted octanol–water partition coefficient (Wildman–Crippen LogP) is 3.83. The Balaban J connectivity index is 1.78. The van der Waals surface area contributed by atoms with E-state index in [0.717, 1.165) is 48.8 Å². The third-order valence-corrected chi connectivity index (χ3v) is 4.22. The highest BCUT2D eigenvalue weighted by Gasteiger charge is 2.04. The summed E-state index contributed by atoms with van der Waals surface area (Å²) in [7, 11) is 0. The van der Waals surface area contributed by atoms with Gasteiger partial charge in [-0.25, -0.2) is 4.98 Å². The lowest BCUT2D eigenvalue weighted by Crippen LogP contribution is -2.14. The summed E-state index contributed by atoms with van der Waals surface area (Å²) >= 11 is 1.72. The molecular weight excluding hydrogens is 280 g/mol. The number of para-hydroxylation sites is 1. The number of nitrogens with one attached hydrogen (secondary N) is 1. The fourth-order valence-corrected chi connectivity index (χ4v) is 2.90. The number of aryl methyl sites for hydroxylation is 1. The van der Waals surface area contributed by atoms with E-state index in [-0.39, 0.29) is 0 Å². The number of benzene rings is 1. The van der Waals surface area contributed by atoms with Gasteiger partial charge in [-0.1, -0.05) is 32.0 Å². The minimum absolute atomic E-state index is 0.687. The summed E-state index contributed by atoms with van der Waals surface area (Å²) in [5.74, 6) is 1.00. The molecule has 1 N–H and O–H groups in total. The number of nitrogens with zero attached hydrogens (tertiary/aromatic N) is 1. The van der Waals surface area contributed by atoms with E-state index in [1.807, 2.05) is 12.1 Å². The lowest BCUT2D eigenvalue weighted by molar-refractivity contribution is 0.318. The van der Waals surface area contributed by atoms with Crippen LogP contribution in [0.5, 0.6) is 5.75 Å². The highest BCUT2D eigenvalue weighted by atomic mass is 32.1. The zero-order valence-electron chi connectivity index (χ0n) is 12.9. The van der Waals surface area contributed by atoms with Crippen LogP contribution in [-0.2, 0) is 19.4 Å². The Morgan fingerprint density at radius 1 is 1.24 bits per heavy atom. The van der Waals surface area contributed by atoms with Gasteiger partial charge in [0.05, 0.1) is 17.3 Å². The fraction of sp³-hybridized carbons (Fsp3) is 0.471. The third kappa shape index (κ3) is 5.14. The molecule has 114 valence electrons. The number of ether oxygens (including phenoxy) is 1. The summed E-state index contributed by atoms with van der Waals surface area (Å²) in [5, 5.41) is 6.66. The molecule has 0 aliphatic heterocycles. The van der Waals surface area contributed by atoms with Gasteiger partial charge in [0.15, 0.2) is 0 Å². The molecule has 4 heteroatoms. The van der Waals surface area contributed by atoms with Gasteiger partial charge < -0.3 is 10.1 Å². The standard InChI is InChI=1S/C17H24N2OS/c1-3-10-18-12-15-13-21-17(19-15)9-11-20-16-8-6-5-7-14(16)4-2/h5-8,13,18H,3-4,9-12H2,1-2H3. The molecule has 0 spiro atoms. The molecule has 0 atom stereocenters. The molecule has 0 bridgehead atoms. The molecule has 1 heterocycles. The SMILES string of the molecule is CCCNCc1csc(CCOc2ccccc2CC)n1. The average Bonchev–Trinajstić information content (AvgIpc) is 2.96. The molecule has 0 aliphatic carbocycles.